The van der Waals surface area contributed by atoms with Crippen molar-refractivity contribution in [1.82, 2.24) is 0 Å². The number of phenolic OH excluding ortho intramolecular Hbond substituents is 2. The van der Waals surface area contributed by atoms with Gasteiger partial charge in [-0.15, -0.1) is 29.9 Å². The van der Waals surface area contributed by atoms with Crippen LogP contribution in [0, 0.1) is 0 Å². The third-order valence-electron chi connectivity index (χ3n) is 9.03. The van der Waals surface area contributed by atoms with E-state index in [-0.39, 0.29) is 79.4 Å². The van der Waals surface area contributed by atoms with Gasteiger partial charge in [0.05, 0.1) is 40.6 Å². The van der Waals surface area contributed by atoms with Crippen LogP contribution < -0.4 is 10.1 Å². The molecule has 1 amide bonds. The number of carbonyl (C=O) groups is 1. The van der Waals surface area contributed by atoms with Gasteiger partial charge in [0.15, 0.2) is 5.75 Å². The van der Waals surface area contributed by atoms with Gasteiger partial charge < -0.3 is 20.3 Å². The van der Waals surface area contributed by atoms with Crippen LogP contribution in [-0.2, 0) is 51.5 Å². The van der Waals surface area contributed by atoms with Crippen molar-refractivity contribution < 1.29 is 77.4 Å². The number of benzene rings is 7. The molecule has 0 spiro atoms. The summed E-state index contributed by atoms with van der Waals surface area (Å²) in [6.07, 6.45) is 0. The van der Waals surface area contributed by atoms with Crippen LogP contribution in [-0.4, -0.2) is 53.9 Å². The number of fused-ring (bicyclic) bond motifs is 3. The topological polar surface area (TPSA) is 300 Å². The van der Waals surface area contributed by atoms with Crippen molar-refractivity contribution in [2.45, 2.75) is 28.5 Å². The molecule has 0 bridgehead atoms. The first-order valence-corrected chi connectivity index (χ1v) is 21.7. The van der Waals surface area contributed by atoms with Gasteiger partial charge in [-0.3, -0.25) is 13.9 Å². The minimum Gasteiger partial charge on any atom is -0.506 e. The third kappa shape index (κ3) is 10.3. The van der Waals surface area contributed by atoms with Gasteiger partial charge in [0, 0.05) is 62.6 Å². The summed E-state index contributed by atoms with van der Waals surface area (Å²) < 4.78 is 79.2. The number of phenols is 2. The van der Waals surface area contributed by atoms with Crippen molar-refractivity contribution in [3.8, 4) is 17.2 Å². The maximum absolute atomic E-state index is 12.3. The van der Waals surface area contributed by atoms with Crippen molar-refractivity contribution in [2.75, 3.05) is 11.9 Å². The summed E-state index contributed by atoms with van der Waals surface area (Å²) in [6.45, 7) is 3.16. The largest absolute Gasteiger partial charge is 0.506 e. The fourth-order valence-electron chi connectivity index (χ4n) is 6.34. The van der Waals surface area contributed by atoms with Crippen molar-refractivity contribution in [3.05, 3.63) is 103 Å². The molecule has 0 heterocycles. The van der Waals surface area contributed by atoms with Crippen molar-refractivity contribution >= 4 is 110 Å². The number of aromatic hydroxyl groups is 2. The number of anilines is 1. The molecule has 0 fully saturated rings. The molecule has 0 aliphatic carbocycles. The molecule has 0 unspecified atom stereocenters. The molecule has 0 saturated heterocycles. The summed E-state index contributed by atoms with van der Waals surface area (Å²) in [7, 11) is -9.63. The van der Waals surface area contributed by atoms with Crippen LogP contribution in [0.1, 0.15) is 13.8 Å². The Morgan fingerprint density at radius 2 is 1.39 bits per heavy atom. The molecule has 7 rings (SSSR count). The fourth-order valence-corrected chi connectivity index (χ4v) is 8.07. The number of rotatable bonds is 14. The first kappa shape index (κ1) is 47.0. The third-order valence-corrected chi connectivity index (χ3v) is 11.4. The number of amides is 1. The predicted molar refractivity (Wildman–Crippen MR) is 230 cm³/mol. The van der Waals surface area contributed by atoms with Crippen LogP contribution in [0.5, 0.6) is 17.2 Å². The quantitative estimate of drug-likeness (QED) is 0.0147. The minimum atomic E-state index is -4.83. The van der Waals surface area contributed by atoms with E-state index in [1.54, 1.807) is 37.3 Å². The van der Waals surface area contributed by atoms with Gasteiger partial charge in [0.2, 0.25) is 5.91 Å². The molecule has 20 nitrogen and oxygen atoms in total. The van der Waals surface area contributed by atoms with Crippen LogP contribution in [0.4, 0.5) is 39.8 Å². The zero-order valence-corrected chi connectivity index (χ0v) is 36.1. The Morgan fingerprint density at radius 3 is 2.09 bits per heavy atom. The van der Waals surface area contributed by atoms with E-state index in [0.29, 0.717) is 10.6 Å². The van der Waals surface area contributed by atoms with Crippen molar-refractivity contribution in [3.63, 3.8) is 0 Å². The smallest absolute Gasteiger partial charge is 0.295 e. The molecule has 0 aliphatic heterocycles. The second-order valence-electron chi connectivity index (χ2n) is 13.1. The predicted octanol–water partition coefficient (Wildman–Crippen LogP) is 11.1. The van der Waals surface area contributed by atoms with E-state index in [1.165, 1.54) is 49.4 Å². The Labute approximate surface area is 377 Å². The van der Waals surface area contributed by atoms with Gasteiger partial charge in [-0.05, 0) is 60.2 Å². The van der Waals surface area contributed by atoms with E-state index in [1.807, 2.05) is 6.07 Å². The number of hydrogen-bond acceptors (Lipinski definition) is 18. The molecule has 0 atom stereocenters. The van der Waals surface area contributed by atoms with E-state index < -0.39 is 53.1 Å². The molecule has 6 N–H and O–H groups in total. The zero-order valence-electron chi connectivity index (χ0n) is 32.7. The van der Waals surface area contributed by atoms with E-state index in [4.69, 9.17) is 9.99 Å². The molecule has 1 radical (unpaired) electrons. The zero-order chi connectivity index (χ0) is 45.1. The van der Waals surface area contributed by atoms with Gasteiger partial charge in [0.1, 0.15) is 39.1 Å². The number of nitrogens with zero attached hydrogens (tertiary/aromatic N) is 6. The maximum atomic E-state index is 12.3. The Balaban J connectivity index is 0.00000680. The first-order chi connectivity index (χ1) is 30.0. The van der Waals surface area contributed by atoms with Crippen LogP contribution >= 0.6 is 12.0 Å². The number of azo groups is 3. The van der Waals surface area contributed by atoms with E-state index >= 15 is 0 Å². The summed E-state index contributed by atoms with van der Waals surface area (Å²) in [5.41, 5.74) is 0.00821. The van der Waals surface area contributed by atoms with E-state index in [0.717, 1.165) is 47.1 Å². The molecule has 24 heteroatoms. The van der Waals surface area contributed by atoms with Crippen LogP contribution in [0.2, 0.25) is 0 Å². The number of ether oxygens (including phenoxy) is 1. The molecular formula is C40H31CuN7O13S3. The summed E-state index contributed by atoms with van der Waals surface area (Å²) in [6, 6.07) is 24.5. The van der Waals surface area contributed by atoms with Crippen LogP contribution in [0.25, 0.3) is 32.3 Å². The summed E-state index contributed by atoms with van der Waals surface area (Å²) >= 11 is 0.811. The van der Waals surface area contributed by atoms with E-state index in [2.05, 4.69) is 45.4 Å². The SMILES string of the molecule is CCOc1cc(N=Nc2ccc3c(SOOO)cccc3c2)c(NC(C)=O)cc1N=Nc1cc(O)c(N=Nc2cc(S(=O)(=O)O)c3ccccc3c2O)c2cc(S(=O)(=O)O)ccc12.[Cu]. The summed E-state index contributed by atoms with van der Waals surface area (Å²) in [5.74, 6) is -1.46. The van der Waals surface area contributed by atoms with Gasteiger partial charge in [-0.25, -0.2) is 5.26 Å². The monoisotopic (exact) mass is 976 g/mol. The van der Waals surface area contributed by atoms with Gasteiger partial charge in [-0.1, -0.05) is 53.6 Å². The number of nitrogens with one attached hydrogen (secondary N) is 1. The Kier molecular flexibility index (Phi) is 14.4. The van der Waals surface area contributed by atoms with Gasteiger partial charge in [-0.2, -0.15) is 21.9 Å². The van der Waals surface area contributed by atoms with Crippen LogP contribution in [0.15, 0.2) is 149 Å². The Bertz CT molecular complexity index is 3300. The molecule has 0 saturated carbocycles. The van der Waals surface area contributed by atoms with Gasteiger partial charge in [0.25, 0.3) is 20.2 Å². The molecule has 7 aromatic rings. The molecule has 0 aliphatic rings. The standard InChI is InChI=1S/C40H31N7O13S3.Cu/c1-3-58-36-19-32(44-42-23-11-13-25-22(15-23)7-6-10-37(25)61-60-59-51)31(41-21(2)48)17-33(36)45-43-30-18-35(49)39(29-16-24(62(52,53)54)12-14-26(29)30)47-46-34-20-38(63(55,56)57)27-8-4-5-9-28(27)40(34)50;/h4-20,49-51H,3H2,1-2H3,(H,41,48)(H,52,53,54)(H,55,56,57);. The molecule has 64 heavy (non-hydrogen) atoms. The first-order valence-electron chi connectivity index (χ1n) is 18.1. The fraction of sp³-hybridized carbons (Fsp3) is 0.0750. The Hall–Kier alpha value is -6.44. The second-order valence-corrected chi connectivity index (χ2v) is 16.7. The van der Waals surface area contributed by atoms with Crippen molar-refractivity contribution in [1.29, 1.82) is 0 Å². The Morgan fingerprint density at radius 1 is 0.688 bits per heavy atom. The number of hydrogen-bond donors (Lipinski definition) is 6. The average molecular weight is 977 g/mol. The average Bonchev–Trinajstić information content (AvgIpc) is 3.24. The molecule has 0 aromatic heterocycles. The maximum Gasteiger partial charge on any atom is 0.295 e. The van der Waals surface area contributed by atoms with Crippen molar-refractivity contribution in [2.24, 2.45) is 30.7 Å². The summed E-state index contributed by atoms with van der Waals surface area (Å²) in [4.78, 5) is 11.8. The summed E-state index contributed by atoms with van der Waals surface area (Å²) in [5, 5.41) is 64.1. The van der Waals surface area contributed by atoms with Gasteiger partial charge >= 0.3 is 0 Å². The molecular weight excluding hydrogens is 946 g/mol. The second kappa shape index (κ2) is 19.5. The molecule has 333 valence electrons. The number of carbonyl (C=O) groups excluding carboxylic acids is 1. The van der Waals surface area contributed by atoms with Crippen LogP contribution in [0.3, 0.4) is 0 Å². The minimum absolute atomic E-state index is 0. The molecule has 7 aromatic carbocycles. The van der Waals surface area contributed by atoms with E-state index in [9.17, 15) is 40.9 Å². The normalized spacial score (nSPS) is 12.2.